The van der Waals surface area contributed by atoms with E-state index in [0.29, 0.717) is 29.8 Å². The molecular formula is C13H17ClN2O2. The van der Waals surface area contributed by atoms with Crippen LogP contribution in [0.25, 0.3) is 0 Å². The minimum absolute atomic E-state index is 0.127. The summed E-state index contributed by atoms with van der Waals surface area (Å²) in [5.41, 5.74) is 0.520. The van der Waals surface area contributed by atoms with E-state index in [-0.39, 0.29) is 5.91 Å². The molecule has 2 rings (SSSR count). The molecule has 1 amide bonds. The van der Waals surface area contributed by atoms with Gasteiger partial charge in [0.15, 0.2) is 0 Å². The Labute approximate surface area is 112 Å². The molecular weight excluding hydrogens is 252 g/mol. The number of carbonyl (C=O) groups is 1. The summed E-state index contributed by atoms with van der Waals surface area (Å²) < 4.78 is 5.35. The van der Waals surface area contributed by atoms with Crippen molar-refractivity contribution in [3.05, 3.63) is 34.9 Å². The van der Waals surface area contributed by atoms with Crippen molar-refractivity contribution in [1.29, 1.82) is 0 Å². The van der Waals surface area contributed by atoms with Crippen LogP contribution in [0.2, 0.25) is 5.02 Å². The fourth-order valence-corrected chi connectivity index (χ4v) is 2.13. The average molecular weight is 269 g/mol. The molecule has 0 bridgehead atoms. The van der Waals surface area contributed by atoms with Gasteiger partial charge >= 0.3 is 0 Å². The van der Waals surface area contributed by atoms with Crippen LogP contribution in [0.5, 0.6) is 0 Å². The second-order valence-corrected chi connectivity index (χ2v) is 4.66. The number of benzene rings is 1. The molecule has 1 atom stereocenters. The highest BCUT2D eigenvalue weighted by molar-refractivity contribution is 6.33. The van der Waals surface area contributed by atoms with Gasteiger partial charge in [0.2, 0.25) is 0 Å². The van der Waals surface area contributed by atoms with Crippen LogP contribution in [0.1, 0.15) is 16.8 Å². The lowest BCUT2D eigenvalue weighted by molar-refractivity contribution is 0.0733. The van der Waals surface area contributed by atoms with Crippen molar-refractivity contribution >= 4 is 17.5 Å². The lowest BCUT2D eigenvalue weighted by Crippen LogP contribution is -2.43. The number of amides is 1. The summed E-state index contributed by atoms with van der Waals surface area (Å²) in [7, 11) is 0. The highest BCUT2D eigenvalue weighted by Gasteiger charge is 2.14. The first-order valence-corrected chi connectivity index (χ1v) is 6.49. The standard InChI is InChI=1S/C13H17ClN2O2/c14-12-4-2-1-3-11(12)13(17)16-6-5-10-9-18-8-7-15-10/h1-4,10,15H,5-9H2,(H,16,17). The molecule has 1 unspecified atom stereocenters. The van der Waals surface area contributed by atoms with Gasteiger partial charge in [-0.05, 0) is 18.6 Å². The normalized spacial score (nSPS) is 19.5. The zero-order chi connectivity index (χ0) is 12.8. The van der Waals surface area contributed by atoms with E-state index < -0.39 is 0 Å². The summed E-state index contributed by atoms with van der Waals surface area (Å²) in [4.78, 5) is 11.9. The lowest BCUT2D eigenvalue weighted by Gasteiger charge is -2.23. The number of morpholine rings is 1. The Morgan fingerprint density at radius 2 is 2.33 bits per heavy atom. The SMILES string of the molecule is O=C(NCCC1COCCN1)c1ccccc1Cl. The van der Waals surface area contributed by atoms with Gasteiger partial charge in [-0.1, -0.05) is 23.7 Å². The van der Waals surface area contributed by atoms with Gasteiger partial charge in [0.05, 0.1) is 23.8 Å². The van der Waals surface area contributed by atoms with Gasteiger partial charge in [0.25, 0.3) is 5.91 Å². The fraction of sp³-hybridized carbons (Fsp3) is 0.462. The van der Waals surface area contributed by atoms with Crippen molar-refractivity contribution in [2.45, 2.75) is 12.5 Å². The van der Waals surface area contributed by atoms with Gasteiger partial charge in [-0.3, -0.25) is 4.79 Å². The Balaban J connectivity index is 1.76. The van der Waals surface area contributed by atoms with Crippen LogP contribution in [0, 0.1) is 0 Å². The Bertz CT molecular complexity index is 406. The molecule has 1 aliphatic heterocycles. The molecule has 1 saturated heterocycles. The van der Waals surface area contributed by atoms with Gasteiger partial charge < -0.3 is 15.4 Å². The maximum Gasteiger partial charge on any atom is 0.252 e. The Morgan fingerprint density at radius 1 is 1.50 bits per heavy atom. The average Bonchev–Trinajstić information content (AvgIpc) is 2.40. The van der Waals surface area contributed by atoms with E-state index in [1.54, 1.807) is 18.2 Å². The van der Waals surface area contributed by atoms with Crippen molar-refractivity contribution in [1.82, 2.24) is 10.6 Å². The molecule has 5 heteroatoms. The number of halogens is 1. The van der Waals surface area contributed by atoms with Crippen molar-refractivity contribution in [2.75, 3.05) is 26.3 Å². The minimum atomic E-state index is -0.127. The number of carbonyl (C=O) groups excluding carboxylic acids is 1. The van der Waals surface area contributed by atoms with E-state index >= 15 is 0 Å². The Kier molecular flexibility index (Phi) is 4.99. The Morgan fingerprint density at radius 3 is 3.06 bits per heavy atom. The third-order valence-electron chi connectivity index (χ3n) is 2.90. The van der Waals surface area contributed by atoms with Crippen LogP contribution in [0.4, 0.5) is 0 Å². The molecule has 0 radical (unpaired) electrons. The molecule has 18 heavy (non-hydrogen) atoms. The third kappa shape index (κ3) is 3.70. The molecule has 0 aliphatic carbocycles. The number of hydrogen-bond acceptors (Lipinski definition) is 3. The molecule has 2 N–H and O–H groups in total. The molecule has 98 valence electrons. The van der Waals surface area contributed by atoms with Crippen LogP contribution in [-0.2, 0) is 4.74 Å². The van der Waals surface area contributed by atoms with E-state index in [0.717, 1.165) is 19.6 Å². The van der Waals surface area contributed by atoms with Crippen molar-refractivity contribution in [3.63, 3.8) is 0 Å². The van der Waals surface area contributed by atoms with Gasteiger partial charge in [-0.2, -0.15) is 0 Å². The topological polar surface area (TPSA) is 50.4 Å². The second-order valence-electron chi connectivity index (χ2n) is 4.25. The molecule has 1 aromatic rings. The highest BCUT2D eigenvalue weighted by atomic mass is 35.5. The first-order valence-electron chi connectivity index (χ1n) is 6.11. The van der Waals surface area contributed by atoms with E-state index in [4.69, 9.17) is 16.3 Å². The largest absolute Gasteiger partial charge is 0.379 e. The summed E-state index contributed by atoms with van der Waals surface area (Å²) in [5.74, 6) is -0.127. The molecule has 0 aromatic heterocycles. The molecule has 1 heterocycles. The summed E-state index contributed by atoms with van der Waals surface area (Å²) in [6.45, 7) is 2.97. The number of rotatable bonds is 4. The zero-order valence-electron chi connectivity index (χ0n) is 10.1. The summed E-state index contributed by atoms with van der Waals surface area (Å²) >= 11 is 5.95. The predicted octanol–water partition coefficient (Wildman–Crippen LogP) is 1.45. The fourth-order valence-electron chi connectivity index (χ4n) is 1.91. The lowest BCUT2D eigenvalue weighted by atomic mass is 10.2. The first kappa shape index (κ1) is 13.3. The van der Waals surface area contributed by atoms with Crippen LogP contribution >= 0.6 is 11.6 Å². The number of nitrogens with one attached hydrogen (secondary N) is 2. The van der Waals surface area contributed by atoms with Gasteiger partial charge in [0.1, 0.15) is 0 Å². The van der Waals surface area contributed by atoms with E-state index in [1.165, 1.54) is 0 Å². The van der Waals surface area contributed by atoms with Crippen LogP contribution in [0.15, 0.2) is 24.3 Å². The molecule has 1 aromatic carbocycles. The maximum absolute atomic E-state index is 11.9. The molecule has 0 saturated carbocycles. The summed E-state index contributed by atoms with van der Waals surface area (Å²) in [6, 6.07) is 7.37. The van der Waals surface area contributed by atoms with Crippen molar-refractivity contribution in [3.8, 4) is 0 Å². The van der Waals surface area contributed by atoms with E-state index in [1.807, 2.05) is 6.07 Å². The van der Waals surface area contributed by atoms with E-state index in [9.17, 15) is 4.79 Å². The molecule has 1 aliphatic rings. The Hall–Kier alpha value is -1.10. The predicted molar refractivity (Wildman–Crippen MR) is 71.0 cm³/mol. The summed E-state index contributed by atoms with van der Waals surface area (Å²) in [5, 5.41) is 6.69. The zero-order valence-corrected chi connectivity index (χ0v) is 10.9. The van der Waals surface area contributed by atoms with Crippen LogP contribution in [0.3, 0.4) is 0 Å². The third-order valence-corrected chi connectivity index (χ3v) is 3.22. The van der Waals surface area contributed by atoms with Crippen LogP contribution < -0.4 is 10.6 Å². The van der Waals surface area contributed by atoms with E-state index in [2.05, 4.69) is 10.6 Å². The first-order chi connectivity index (χ1) is 8.77. The van der Waals surface area contributed by atoms with Gasteiger partial charge in [-0.25, -0.2) is 0 Å². The minimum Gasteiger partial charge on any atom is -0.379 e. The smallest absolute Gasteiger partial charge is 0.252 e. The van der Waals surface area contributed by atoms with Gasteiger partial charge in [0, 0.05) is 19.1 Å². The monoisotopic (exact) mass is 268 g/mol. The maximum atomic E-state index is 11.9. The molecule has 1 fully saturated rings. The van der Waals surface area contributed by atoms with Crippen LogP contribution in [-0.4, -0.2) is 38.3 Å². The number of hydrogen-bond donors (Lipinski definition) is 2. The summed E-state index contributed by atoms with van der Waals surface area (Å²) in [6.07, 6.45) is 0.857. The number of ether oxygens (including phenoxy) is 1. The van der Waals surface area contributed by atoms with Crippen molar-refractivity contribution < 1.29 is 9.53 Å². The second kappa shape index (κ2) is 6.73. The van der Waals surface area contributed by atoms with Crippen molar-refractivity contribution in [2.24, 2.45) is 0 Å². The van der Waals surface area contributed by atoms with Gasteiger partial charge in [-0.15, -0.1) is 0 Å². The molecule has 0 spiro atoms. The highest BCUT2D eigenvalue weighted by Crippen LogP contribution is 2.14. The quantitative estimate of drug-likeness (QED) is 0.869. The molecule has 4 nitrogen and oxygen atoms in total.